The van der Waals surface area contributed by atoms with Crippen molar-refractivity contribution in [2.75, 3.05) is 0 Å². The lowest BCUT2D eigenvalue weighted by Crippen LogP contribution is -2.29. The van der Waals surface area contributed by atoms with E-state index < -0.39 is 0 Å². The number of ether oxygens (including phenoxy) is 2. The van der Waals surface area contributed by atoms with Gasteiger partial charge in [0, 0.05) is 12.8 Å². The van der Waals surface area contributed by atoms with Crippen LogP contribution in [0.2, 0.25) is 0 Å². The molecule has 13 heavy (non-hydrogen) atoms. The fourth-order valence-corrected chi connectivity index (χ4v) is 2.45. The minimum atomic E-state index is -0.165. The largest absolute Gasteiger partial charge is 0.347 e. The van der Waals surface area contributed by atoms with Crippen LogP contribution in [-0.2, 0) is 9.47 Å². The van der Waals surface area contributed by atoms with Gasteiger partial charge in [0.05, 0.1) is 12.2 Å². The van der Waals surface area contributed by atoms with Crippen molar-refractivity contribution in [2.24, 2.45) is 0 Å². The zero-order chi connectivity index (χ0) is 9.31. The summed E-state index contributed by atoms with van der Waals surface area (Å²) in [5.74, 6) is -0.165. The first kappa shape index (κ1) is 9.47. The van der Waals surface area contributed by atoms with Crippen LogP contribution in [0.25, 0.3) is 0 Å². The van der Waals surface area contributed by atoms with Gasteiger partial charge >= 0.3 is 0 Å². The Labute approximate surface area is 80.6 Å². The van der Waals surface area contributed by atoms with Crippen molar-refractivity contribution < 1.29 is 9.47 Å². The summed E-state index contributed by atoms with van der Waals surface area (Å²) in [6.45, 7) is 4.38. The Kier molecular flexibility index (Phi) is 2.61. The van der Waals surface area contributed by atoms with E-state index in [0.29, 0.717) is 12.2 Å². The molecule has 0 aromatic carbocycles. The molecule has 2 unspecified atom stereocenters. The van der Waals surface area contributed by atoms with Gasteiger partial charge in [0.25, 0.3) is 0 Å². The molecule has 76 valence electrons. The maximum atomic E-state index is 5.97. The highest BCUT2D eigenvalue weighted by atomic mass is 16.7. The average molecular weight is 184 g/mol. The molecule has 0 N–H and O–H groups in total. The van der Waals surface area contributed by atoms with Crippen molar-refractivity contribution in [1.29, 1.82) is 0 Å². The molecule has 2 rings (SSSR count). The van der Waals surface area contributed by atoms with Gasteiger partial charge in [0.15, 0.2) is 5.79 Å². The lowest BCUT2D eigenvalue weighted by Gasteiger charge is -2.24. The Balaban J connectivity index is 1.93. The topological polar surface area (TPSA) is 18.5 Å². The van der Waals surface area contributed by atoms with E-state index in [4.69, 9.17) is 9.47 Å². The second-order valence-electron chi connectivity index (χ2n) is 4.28. The molecule has 2 heterocycles. The van der Waals surface area contributed by atoms with Gasteiger partial charge in [-0.25, -0.2) is 0 Å². The third-order valence-electron chi connectivity index (χ3n) is 3.37. The van der Waals surface area contributed by atoms with Gasteiger partial charge in [-0.2, -0.15) is 0 Å². The van der Waals surface area contributed by atoms with Crippen molar-refractivity contribution in [3.63, 3.8) is 0 Å². The van der Waals surface area contributed by atoms with Crippen LogP contribution in [0.5, 0.6) is 0 Å². The summed E-state index contributed by atoms with van der Waals surface area (Å²) in [6, 6.07) is 0. The molecule has 0 bridgehead atoms. The highest BCUT2D eigenvalue weighted by molar-refractivity contribution is 4.87. The molecule has 0 saturated carbocycles. The van der Waals surface area contributed by atoms with E-state index in [-0.39, 0.29) is 5.79 Å². The summed E-state index contributed by atoms with van der Waals surface area (Å²) >= 11 is 0. The average Bonchev–Trinajstić information content (AvgIpc) is 2.74. The first-order valence-electron chi connectivity index (χ1n) is 5.63. The zero-order valence-corrected chi connectivity index (χ0v) is 8.71. The zero-order valence-electron chi connectivity index (χ0n) is 8.71. The molecule has 0 aromatic heterocycles. The molecule has 0 aliphatic carbocycles. The predicted molar refractivity (Wildman–Crippen MR) is 51.5 cm³/mol. The third kappa shape index (κ3) is 1.75. The smallest absolute Gasteiger partial charge is 0.169 e. The minimum Gasteiger partial charge on any atom is -0.347 e. The number of hydrogen-bond donors (Lipinski definition) is 0. The Morgan fingerprint density at radius 2 is 1.46 bits per heavy atom. The van der Waals surface area contributed by atoms with E-state index in [0.717, 1.165) is 25.7 Å². The van der Waals surface area contributed by atoms with Gasteiger partial charge < -0.3 is 9.47 Å². The predicted octanol–water partition coefficient (Wildman–Crippen LogP) is 2.86. The molecule has 2 saturated heterocycles. The quantitative estimate of drug-likeness (QED) is 0.657. The first-order chi connectivity index (χ1) is 6.28. The highest BCUT2D eigenvalue weighted by Crippen LogP contribution is 2.43. The normalized spacial score (nSPS) is 44.8. The van der Waals surface area contributed by atoms with Crippen molar-refractivity contribution in [1.82, 2.24) is 0 Å². The van der Waals surface area contributed by atoms with E-state index in [1.807, 2.05) is 0 Å². The lowest BCUT2D eigenvalue weighted by molar-refractivity contribution is -0.216. The van der Waals surface area contributed by atoms with Crippen LogP contribution in [0.3, 0.4) is 0 Å². The van der Waals surface area contributed by atoms with Gasteiger partial charge in [-0.15, -0.1) is 0 Å². The van der Waals surface area contributed by atoms with E-state index in [2.05, 4.69) is 13.8 Å². The maximum absolute atomic E-state index is 5.97. The lowest BCUT2D eigenvalue weighted by atomic mass is 10.1. The van der Waals surface area contributed by atoms with E-state index >= 15 is 0 Å². The van der Waals surface area contributed by atoms with Gasteiger partial charge in [0.1, 0.15) is 0 Å². The molecule has 2 heteroatoms. The molecule has 2 atom stereocenters. The Morgan fingerprint density at radius 3 is 1.77 bits per heavy atom. The van der Waals surface area contributed by atoms with Crippen LogP contribution in [0, 0.1) is 0 Å². The van der Waals surface area contributed by atoms with Crippen LogP contribution in [0.15, 0.2) is 0 Å². The fourth-order valence-electron chi connectivity index (χ4n) is 2.45. The van der Waals surface area contributed by atoms with Gasteiger partial charge in [-0.05, 0) is 25.7 Å². The second kappa shape index (κ2) is 3.58. The van der Waals surface area contributed by atoms with Crippen molar-refractivity contribution >= 4 is 0 Å². The Hall–Kier alpha value is -0.0800. The SMILES string of the molecule is CCC1CCC2(CCC(CC)O2)O1. The molecule has 0 radical (unpaired) electrons. The van der Waals surface area contributed by atoms with Crippen molar-refractivity contribution in [3.8, 4) is 0 Å². The van der Waals surface area contributed by atoms with Gasteiger partial charge in [0.2, 0.25) is 0 Å². The summed E-state index contributed by atoms with van der Waals surface area (Å²) in [6.07, 6.45) is 7.76. The summed E-state index contributed by atoms with van der Waals surface area (Å²) < 4.78 is 11.9. The van der Waals surface area contributed by atoms with Crippen molar-refractivity contribution in [3.05, 3.63) is 0 Å². The monoisotopic (exact) mass is 184 g/mol. The highest BCUT2D eigenvalue weighted by Gasteiger charge is 2.45. The molecule has 2 aliphatic heterocycles. The van der Waals surface area contributed by atoms with E-state index in [1.54, 1.807) is 0 Å². The third-order valence-corrected chi connectivity index (χ3v) is 3.37. The molecule has 2 fully saturated rings. The van der Waals surface area contributed by atoms with E-state index in [1.165, 1.54) is 12.8 Å². The molecular formula is C11H20O2. The first-order valence-corrected chi connectivity index (χ1v) is 5.63. The van der Waals surface area contributed by atoms with Gasteiger partial charge in [-0.3, -0.25) is 0 Å². The second-order valence-corrected chi connectivity index (χ2v) is 4.28. The Morgan fingerprint density at radius 1 is 1.00 bits per heavy atom. The van der Waals surface area contributed by atoms with Crippen LogP contribution in [0.4, 0.5) is 0 Å². The summed E-state index contributed by atoms with van der Waals surface area (Å²) in [5, 5.41) is 0. The summed E-state index contributed by atoms with van der Waals surface area (Å²) in [4.78, 5) is 0. The van der Waals surface area contributed by atoms with Crippen LogP contribution in [0.1, 0.15) is 52.4 Å². The molecule has 2 nitrogen and oxygen atoms in total. The summed E-state index contributed by atoms with van der Waals surface area (Å²) in [5.41, 5.74) is 0. The molecule has 0 amide bonds. The van der Waals surface area contributed by atoms with E-state index in [9.17, 15) is 0 Å². The molecule has 1 spiro atoms. The fraction of sp³-hybridized carbons (Fsp3) is 1.00. The standard InChI is InChI=1S/C11H20O2/c1-3-9-5-7-11(12-9)8-6-10(4-2)13-11/h9-10H,3-8H2,1-2H3. The summed E-state index contributed by atoms with van der Waals surface area (Å²) in [7, 11) is 0. The molecule has 2 aliphatic rings. The van der Waals surface area contributed by atoms with Crippen LogP contribution in [-0.4, -0.2) is 18.0 Å². The molecular weight excluding hydrogens is 164 g/mol. The number of rotatable bonds is 2. The molecule has 0 aromatic rings. The van der Waals surface area contributed by atoms with Crippen LogP contribution >= 0.6 is 0 Å². The minimum absolute atomic E-state index is 0.165. The Bertz CT molecular complexity index is 159. The number of hydrogen-bond acceptors (Lipinski definition) is 2. The maximum Gasteiger partial charge on any atom is 0.169 e. The van der Waals surface area contributed by atoms with Crippen LogP contribution < -0.4 is 0 Å². The van der Waals surface area contributed by atoms with Gasteiger partial charge in [-0.1, -0.05) is 13.8 Å². The van der Waals surface area contributed by atoms with Crippen molar-refractivity contribution in [2.45, 2.75) is 70.4 Å².